The molecule has 0 aliphatic heterocycles. The molecule has 0 fully saturated rings. The van der Waals surface area contributed by atoms with Crippen LogP contribution in [0, 0.1) is 5.41 Å². The summed E-state index contributed by atoms with van der Waals surface area (Å²) in [6.45, 7) is 6.27. The standard InChI is InChI=1S/C16H24N2O3/c1-16(2,3)10-12(17)9-14(19)18(4)13-7-5-11(6-8-13)15(20)21/h5-8,12H,9-10,17H2,1-4H3,(H,20,21). The van der Waals surface area contributed by atoms with Crippen LogP contribution in [-0.4, -0.2) is 30.1 Å². The lowest BCUT2D eigenvalue weighted by Crippen LogP contribution is -2.35. The fourth-order valence-electron chi connectivity index (χ4n) is 2.19. The zero-order chi connectivity index (χ0) is 16.2. The van der Waals surface area contributed by atoms with Crippen molar-refractivity contribution in [1.29, 1.82) is 0 Å². The van der Waals surface area contributed by atoms with Crippen LogP contribution >= 0.6 is 0 Å². The highest BCUT2D eigenvalue weighted by Gasteiger charge is 2.20. The third-order valence-corrected chi connectivity index (χ3v) is 3.19. The molecule has 0 saturated heterocycles. The average molecular weight is 292 g/mol. The first-order chi connectivity index (χ1) is 9.60. The summed E-state index contributed by atoms with van der Waals surface area (Å²) in [5.74, 6) is -1.06. The number of carbonyl (C=O) groups excluding carboxylic acids is 1. The number of carboxylic acids is 1. The number of carboxylic acid groups (broad SMARTS) is 1. The van der Waals surface area contributed by atoms with E-state index in [-0.39, 0.29) is 29.3 Å². The van der Waals surface area contributed by atoms with Crippen LogP contribution in [0.3, 0.4) is 0 Å². The molecule has 0 bridgehead atoms. The van der Waals surface area contributed by atoms with Gasteiger partial charge < -0.3 is 15.7 Å². The van der Waals surface area contributed by atoms with E-state index in [4.69, 9.17) is 10.8 Å². The Hall–Kier alpha value is -1.88. The number of hydrogen-bond acceptors (Lipinski definition) is 3. The number of anilines is 1. The Morgan fingerprint density at radius 2 is 1.76 bits per heavy atom. The van der Waals surface area contributed by atoms with Gasteiger partial charge in [0.2, 0.25) is 5.91 Å². The van der Waals surface area contributed by atoms with Crippen LogP contribution in [0.2, 0.25) is 0 Å². The molecular formula is C16H24N2O3. The quantitative estimate of drug-likeness (QED) is 0.873. The van der Waals surface area contributed by atoms with E-state index in [1.165, 1.54) is 17.0 Å². The van der Waals surface area contributed by atoms with E-state index >= 15 is 0 Å². The maximum Gasteiger partial charge on any atom is 0.335 e. The highest BCUT2D eigenvalue weighted by molar-refractivity contribution is 5.94. The van der Waals surface area contributed by atoms with E-state index in [0.29, 0.717) is 5.69 Å². The Morgan fingerprint density at radius 1 is 1.24 bits per heavy atom. The molecule has 0 radical (unpaired) electrons. The van der Waals surface area contributed by atoms with Crippen molar-refractivity contribution < 1.29 is 14.7 Å². The van der Waals surface area contributed by atoms with Crippen LogP contribution in [0.1, 0.15) is 44.0 Å². The number of nitrogens with zero attached hydrogens (tertiary/aromatic N) is 1. The van der Waals surface area contributed by atoms with E-state index in [0.717, 1.165) is 6.42 Å². The van der Waals surface area contributed by atoms with Crippen LogP contribution in [0.4, 0.5) is 5.69 Å². The summed E-state index contributed by atoms with van der Waals surface area (Å²) in [4.78, 5) is 24.5. The van der Waals surface area contributed by atoms with Gasteiger partial charge in [-0.25, -0.2) is 4.79 Å². The molecule has 116 valence electrons. The van der Waals surface area contributed by atoms with E-state index in [9.17, 15) is 9.59 Å². The van der Waals surface area contributed by atoms with Crippen molar-refractivity contribution in [2.75, 3.05) is 11.9 Å². The van der Waals surface area contributed by atoms with Crippen LogP contribution in [0.25, 0.3) is 0 Å². The topological polar surface area (TPSA) is 83.6 Å². The Bertz CT molecular complexity index is 503. The predicted molar refractivity (Wildman–Crippen MR) is 83.5 cm³/mol. The van der Waals surface area contributed by atoms with Crippen LogP contribution in [0.15, 0.2) is 24.3 Å². The Balaban J connectivity index is 2.67. The highest BCUT2D eigenvalue weighted by atomic mass is 16.4. The molecule has 1 aromatic rings. The lowest BCUT2D eigenvalue weighted by molar-refractivity contribution is -0.118. The summed E-state index contributed by atoms with van der Waals surface area (Å²) in [7, 11) is 1.67. The molecule has 1 amide bonds. The monoisotopic (exact) mass is 292 g/mol. The molecule has 1 atom stereocenters. The molecule has 5 nitrogen and oxygen atoms in total. The number of benzene rings is 1. The third kappa shape index (κ3) is 5.55. The molecular weight excluding hydrogens is 268 g/mol. The molecule has 0 aliphatic carbocycles. The summed E-state index contributed by atoms with van der Waals surface area (Å²) in [5.41, 5.74) is 6.96. The second-order valence-corrected chi connectivity index (χ2v) is 6.53. The van der Waals surface area contributed by atoms with Crippen molar-refractivity contribution >= 4 is 17.6 Å². The Kier molecular flexibility index (Phi) is 5.49. The molecule has 0 aromatic heterocycles. The average Bonchev–Trinajstić information content (AvgIpc) is 2.35. The molecule has 0 heterocycles. The first-order valence-corrected chi connectivity index (χ1v) is 6.95. The van der Waals surface area contributed by atoms with Crippen molar-refractivity contribution in [3.63, 3.8) is 0 Å². The number of nitrogens with two attached hydrogens (primary N) is 1. The first kappa shape index (κ1) is 17.2. The number of amides is 1. The Morgan fingerprint density at radius 3 is 2.19 bits per heavy atom. The summed E-state index contributed by atoms with van der Waals surface area (Å²) in [5, 5.41) is 8.85. The number of rotatable bonds is 5. The molecule has 1 aromatic carbocycles. The summed E-state index contributed by atoms with van der Waals surface area (Å²) >= 11 is 0. The maximum atomic E-state index is 12.2. The third-order valence-electron chi connectivity index (χ3n) is 3.19. The van der Waals surface area contributed by atoms with Gasteiger partial charge in [0.15, 0.2) is 0 Å². The molecule has 1 rings (SSSR count). The molecule has 1 unspecified atom stereocenters. The minimum Gasteiger partial charge on any atom is -0.478 e. The minimum absolute atomic E-state index is 0.0742. The molecule has 3 N–H and O–H groups in total. The minimum atomic E-state index is -0.984. The fraction of sp³-hybridized carbons (Fsp3) is 0.500. The van der Waals surface area contributed by atoms with E-state index < -0.39 is 5.97 Å². The van der Waals surface area contributed by atoms with Gasteiger partial charge in [-0.15, -0.1) is 0 Å². The van der Waals surface area contributed by atoms with Gasteiger partial charge in [0.1, 0.15) is 0 Å². The van der Waals surface area contributed by atoms with Crippen molar-refractivity contribution in [1.82, 2.24) is 0 Å². The van der Waals surface area contributed by atoms with Gasteiger partial charge >= 0.3 is 5.97 Å². The van der Waals surface area contributed by atoms with Gasteiger partial charge in [-0.05, 0) is 36.1 Å². The summed E-state index contributed by atoms with van der Waals surface area (Å²) < 4.78 is 0. The molecule has 21 heavy (non-hydrogen) atoms. The number of hydrogen-bond donors (Lipinski definition) is 2. The maximum absolute atomic E-state index is 12.2. The van der Waals surface area contributed by atoms with Gasteiger partial charge in [0.25, 0.3) is 0 Å². The first-order valence-electron chi connectivity index (χ1n) is 6.95. The van der Waals surface area contributed by atoms with E-state index in [1.807, 2.05) is 0 Å². The van der Waals surface area contributed by atoms with Gasteiger partial charge in [0.05, 0.1) is 5.56 Å². The zero-order valence-electron chi connectivity index (χ0n) is 13.1. The van der Waals surface area contributed by atoms with Crippen molar-refractivity contribution in [2.45, 2.75) is 39.7 Å². The summed E-state index contributed by atoms with van der Waals surface area (Å²) in [6, 6.07) is 6.03. The van der Waals surface area contributed by atoms with Crippen LogP contribution in [-0.2, 0) is 4.79 Å². The van der Waals surface area contributed by atoms with Gasteiger partial charge in [0, 0.05) is 25.2 Å². The summed E-state index contributed by atoms with van der Waals surface area (Å²) in [6.07, 6.45) is 1.04. The van der Waals surface area contributed by atoms with Crippen LogP contribution in [0.5, 0.6) is 0 Å². The second kappa shape index (κ2) is 6.72. The Labute approximate surface area is 125 Å². The van der Waals surface area contributed by atoms with Gasteiger partial charge in [-0.3, -0.25) is 4.79 Å². The van der Waals surface area contributed by atoms with Crippen molar-refractivity contribution in [3.05, 3.63) is 29.8 Å². The smallest absolute Gasteiger partial charge is 0.335 e. The lowest BCUT2D eigenvalue weighted by Gasteiger charge is -2.25. The van der Waals surface area contributed by atoms with E-state index in [1.54, 1.807) is 19.2 Å². The van der Waals surface area contributed by atoms with Crippen molar-refractivity contribution in [2.24, 2.45) is 11.1 Å². The van der Waals surface area contributed by atoms with Gasteiger partial charge in [-0.1, -0.05) is 20.8 Å². The highest BCUT2D eigenvalue weighted by Crippen LogP contribution is 2.22. The number of aromatic carboxylic acids is 1. The second-order valence-electron chi connectivity index (χ2n) is 6.53. The van der Waals surface area contributed by atoms with Gasteiger partial charge in [-0.2, -0.15) is 0 Å². The largest absolute Gasteiger partial charge is 0.478 e. The molecule has 5 heteroatoms. The lowest BCUT2D eigenvalue weighted by atomic mass is 9.87. The predicted octanol–water partition coefficient (Wildman–Crippen LogP) is 2.50. The fourth-order valence-corrected chi connectivity index (χ4v) is 2.19. The van der Waals surface area contributed by atoms with Crippen molar-refractivity contribution in [3.8, 4) is 0 Å². The SMILES string of the molecule is CN(C(=O)CC(N)CC(C)(C)C)c1ccc(C(=O)O)cc1. The molecule has 0 saturated carbocycles. The molecule has 0 aliphatic rings. The molecule has 0 spiro atoms. The number of carbonyl (C=O) groups is 2. The van der Waals surface area contributed by atoms with E-state index in [2.05, 4.69) is 20.8 Å². The van der Waals surface area contributed by atoms with Crippen LogP contribution < -0.4 is 10.6 Å². The normalized spacial score (nSPS) is 12.8. The zero-order valence-corrected chi connectivity index (χ0v) is 13.1.